The van der Waals surface area contributed by atoms with Crippen molar-refractivity contribution in [3.63, 3.8) is 0 Å². The standard InChI is InChI=1S/C19H28N4O4/c1-12(2)5-8-23-15-6-7-22(11-13(15)3-4-17(23)25)18(26)10-14-9-16(24)20-21-19(14)27/h9,12-13,15H,3-8,10-11H2,1-2H3,(H,20,24)(H,21,27)/t13-,15+/m0/s1. The molecule has 0 saturated carbocycles. The Bertz CT molecular complexity index is 812. The van der Waals surface area contributed by atoms with Crippen LogP contribution in [-0.4, -0.2) is 57.5 Å². The Morgan fingerprint density at radius 3 is 2.74 bits per heavy atom. The van der Waals surface area contributed by atoms with Crippen molar-refractivity contribution in [2.75, 3.05) is 19.6 Å². The Morgan fingerprint density at radius 1 is 1.22 bits per heavy atom. The maximum absolute atomic E-state index is 12.6. The van der Waals surface area contributed by atoms with Gasteiger partial charge in [-0.2, -0.15) is 0 Å². The average molecular weight is 376 g/mol. The third kappa shape index (κ3) is 4.48. The molecule has 2 fully saturated rings. The van der Waals surface area contributed by atoms with Gasteiger partial charge in [-0.25, -0.2) is 0 Å². The number of nitrogens with one attached hydrogen (secondary N) is 2. The van der Waals surface area contributed by atoms with Crippen LogP contribution in [0.25, 0.3) is 0 Å². The Kier molecular flexibility index (Phi) is 5.82. The van der Waals surface area contributed by atoms with E-state index in [9.17, 15) is 19.2 Å². The van der Waals surface area contributed by atoms with E-state index in [0.29, 0.717) is 25.4 Å². The topological polar surface area (TPSA) is 106 Å². The van der Waals surface area contributed by atoms with Gasteiger partial charge in [0.15, 0.2) is 0 Å². The van der Waals surface area contributed by atoms with Crippen LogP contribution in [0.4, 0.5) is 0 Å². The average Bonchev–Trinajstić information content (AvgIpc) is 2.63. The number of piperidine rings is 2. The van der Waals surface area contributed by atoms with E-state index in [1.165, 1.54) is 6.07 Å². The minimum Gasteiger partial charge on any atom is -0.342 e. The summed E-state index contributed by atoms with van der Waals surface area (Å²) in [7, 11) is 0. The molecule has 0 spiro atoms. The number of amides is 2. The van der Waals surface area contributed by atoms with Gasteiger partial charge in [0.1, 0.15) is 0 Å². The van der Waals surface area contributed by atoms with Crippen LogP contribution in [0.1, 0.15) is 45.1 Å². The first-order valence-electron chi connectivity index (χ1n) is 9.73. The largest absolute Gasteiger partial charge is 0.342 e. The van der Waals surface area contributed by atoms with Crippen LogP contribution in [0.2, 0.25) is 0 Å². The van der Waals surface area contributed by atoms with Gasteiger partial charge in [0, 0.05) is 43.7 Å². The summed E-state index contributed by atoms with van der Waals surface area (Å²) < 4.78 is 0. The molecular formula is C19H28N4O4. The fourth-order valence-corrected chi connectivity index (χ4v) is 4.13. The lowest BCUT2D eigenvalue weighted by Crippen LogP contribution is -2.57. The van der Waals surface area contributed by atoms with Gasteiger partial charge in [0.25, 0.3) is 11.1 Å². The maximum atomic E-state index is 12.6. The molecule has 1 aromatic rings. The van der Waals surface area contributed by atoms with Crippen LogP contribution in [0, 0.1) is 11.8 Å². The van der Waals surface area contributed by atoms with Gasteiger partial charge < -0.3 is 9.80 Å². The van der Waals surface area contributed by atoms with Gasteiger partial charge in [-0.05, 0) is 31.1 Å². The third-order valence-electron chi connectivity index (χ3n) is 5.68. The number of likely N-dealkylation sites (tertiary alicyclic amines) is 2. The molecule has 0 aliphatic carbocycles. The monoisotopic (exact) mass is 376 g/mol. The highest BCUT2D eigenvalue weighted by Crippen LogP contribution is 2.32. The summed E-state index contributed by atoms with van der Waals surface area (Å²) in [6.07, 6.45) is 3.02. The van der Waals surface area contributed by atoms with Crippen molar-refractivity contribution in [3.8, 4) is 0 Å². The summed E-state index contributed by atoms with van der Waals surface area (Å²) in [4.78, 5) is 52.0. The summed E-state index contributed by atoms with van der Waals surface area (Å²) in [5, 5.41) is 4.45. The molecule has 2 saturated heterocycles. The minimum absolute atomic E-state index is 0.0768. The summed E-state index contributed by atoms with van der Waals surface area (Å²) in [5.41, 5.74) is -0.688. The molecule has 8 heteroatoms. The number of H-pyrrole nitrogens is 2. The van der Waals surface area contributed by atoms with Gasteiger partial charge in [0.2, 0.25) is 11.8 Å². The van der Waals surface area contributed by atoms with E-state index in [4.69, 9.17) is 0 Å². The number of aromatic amines is 2. The quantitative estimate of drug-likeness (QED) is 0.780. The molecule has 0 radical (unpaired) electrons. The fourth-order valence-electron chi connectivity index (χ4n) is 4.13. The van der Waals surface area contributed by atoms with Crippen molar-refractivity contribution >= 4 is 11.8 Å². The number of hydrogen-bond donors (Lipinski definition) is 2. The zero-order valence-electron chi connectivity index (χ0n) is 16.0. The van der Waals surface area contributed by atoms with E-state index in [2.05, 4.69) is 24.0 Å². The van der Waals surface area contributed by atoms with Gasteiger partial charge in [0.05, 0.1) is 6.42 Å². The molecule has 0 bridgehead atoms. The normalized spacial score (nSPS) is 22.9. The Morgan fingerprint density at radius 2 is 2.00 bits per heavy atom. The Balaban J connectivity index is 1.64. The molecule has 8 nitrogen and oxygen atoms in total. The van der Waals surface area contributed by atoms with Crippen molar-refractivity contribution in [2.45, 2.75) is 52.0 Å². The van der Waals surface area contributed by atoms with Crippen molar-refractivity contribution in [3.05, 3.63) is 32.3 Å². The zero-order valence-corrected chi connectivity index (χ0v) is 16.0. The van der Waals surface area contributed by atoms with Gasteiger partial charge in [-0.1, -0.05) is 13.8 Å². The number of fused-ring (bicyclic) bond motifs is 1. The molecule has 2 N–H and O–H groups in total. The zero-order chi connectivity index (χ0) is 19.6. The number of carbonyl (C=O) groups is 2. The van der Waals surface area contributed by atoms with E-state index in [-0.39, 0.29) is 35.8 Å². The van der Waals surface area contributed by atoms with Crippen molar-refractivity contribution in [1.82, 2.24) is 20.0 Å². The highest BCUT2D eigenvalue weighted by molar-refractivity contribution is 5.79. The minimum atomic E-state index is -0.444. The number of carbonyl (C=O) groups excluding carboxylic acids is 2. The van der Waals surface area contributed by atoms with Crippen LogP contribution in [0.3, 0.4) is 0 Å². The Labute approximate surface area is 157 Å². The van der Waals surface area contributed by atoms with E-state index in [1.807, 2.05) is 4.90 Å². The second kappa shape index (κ2) is 8.10. The van der Waals surface area contributed by atoms with Crippen molar-refractivity contribution in [2.24, 2.45) is 11.8 Å². The molecule has 2 atom stereocenters. The summed E-state index contributed by atoms with van der Waals surface area (Å²) in [6, 6.07) is 1.38. The van der Waals surface area contributed by atoms with Crippen molar-refractivity contribution < 1.29 is 9.59 Å². The molecule has 27 heavy (non-hydrogen) atoms. The maximum Gasteiger partial charge on any atom is 0.266 e. The van der Waals surface area contributed by atoms with E-state index < -0.39 is 11.1 Å². The first kappa shape index (κ1) is 19.4. The van der Waals surface area contributed by atoms with E-state index in [1.54, 1.807) is 4.90 Å². The van der Waals surface area contributed by atoms with Crippen LogP contribution in [0.5, 0.6) is 0 Å². The molecule has 0 unspecified atom stereocenters. The van der Waals surface area contributed by atoms with E-state index in [0.717, 1.165) is 25.8 Å². The predicted molar refractivity (Wildman–Crippen MR) is 100 cm³/mol. The number of aromatic nitrogens is 2. The number of rotatable bonds is 5. The second-order valence-electron chi connectivity index (χ2n) is 8.05. The van der Waals surface area contributed by atoms with Crippen LogP contribution in [-0.2, 0) is 16.0 Å². The first-order valence-corrected chi connectivity index (χ1v) is 9.73. The highest BCUT2D eigenvalue weighted by Gasteiger charge is 2.40. The van der Waals surface area contributed by atoms with Gasteiger partial charge in [-0.3, -0.25) is 29.4 Å². The lowest BCUT2D eigenvalue weighted by Gasteiger charge is -2.47. The molecule has 148 valence electrons. The summed E-state index contributed by atoms with van der Waals surface area (Å²) in [5.74, 6) is 0.916. The second-order valence-corrected chi connectivity index (χ2v) is 8.05. The SMILES string of the molecule is CC(C)CCN1C(=O)CC[C@H]2CN(C(=O)Cc3cc(=O)[nH][nH]c3=O)CC[C@H]21. The third-order valence-corrected chi connectivity index (χ3v) is 5.68. The highest BCUT2D eigenvalue weighted by atomic mass is 16.2. The number of hydrogen-bond acceptors (Lipinski definition) is 4. The molecule has 3 heterocycles. The fraction of sp³-hybridized carbons (Fsp3) is 0.684. The predicted octanol–water partition coefficient (Wildman–Crippen LogP) is 0.491. The van der Waals surface area contributed by atoms with Crippen LogP contribution in [0.15, 0.2) is 15.7 Å². The molecule has 2 aliphatic rings. The van der Waals surface area contributed by atoms with E-state index >= 15 is 0 Å². The molecule has 2 amide bonds. The summed E-state index contributed by atoms with van der Waals surface area (Å²) in [6.45, 7) is 6.28. The van der Waals surface area contributed by atoms with Gasteiger partial charge in [-0.15, -0.1) is 0 Å². The molecular weight excluding hydrogens is 348 g/mol. The van der Waals surface area contributed by atoms with Crippen molar-refractivity contribution in [1.29, 1.82) is 0 Å². The molecule has 0 aromatic carbocycles. The summed E-state index contributed by atoms with van der Waals surface area (Å²) >= 11 is 0. The van der Waals surface area contributed by atoms with Crippen LogP contribution < -0.4 is 11.1 Å². The first-order chi connectivity index (χ1) is 12.8. The smallest absolute Gasteiger partial charge is 0.266 e. The lowest BCUT2D eigenvalue weighted by atomic mass is 9.83. The molecule has 3 rings (SSSR count). The molecule has 1 aromatic heterocycles. The van der Waals surface area contributed by atoms with Gasteiger partial charge >= 0.3 is 0 Å². The Hall–Kier alpha value is -2.38. The number of nitrogens with zero attached hydrogens (tertiary/aromatic N) is 2. The van der Waals surface area contributed by atoms with Crippen LogP contribution >= 0.6 is 0 Å². The lowest BCUT2D eigenvalue weighted by molar-refractivity contribution is -0.144. The molecule has 2 aliphatic heterocycles.